The fourth-order valence-electron chi connectivity index (χ4n) is 6.75. The van der Waals surface area contributed by atoms with Gasteiger partial charge in [0, 0.05) is 57.1 Å². The van der Waals surface area contributed by atoms with Gasteiger partial charge in [-0.3, -0.25) is 4.79 Å². The van der Waals surface area contributed by atoms with Crippen LogP contribution in [0, 0.1) is 0 Å². The van der Waals surface area contributed by atoms with Crippen molar-refractivity contribution in [3.63, 3.8) is 0 Å². The standard InChI is InChI=1S/C33H44F3N5O/c1-38-19-15-28(16-20-38)39(2)31-13-9-26(23-37-31)24-41(30-17-21-40(22-18-30)29-5-3-4-6-29)32(42)14-10-25-7-11-27(12-8-25)33(34,35)36/h7-14,23,28-30H,3-6,15-22,24H2,1-2H3/b14-10+. The molecule has 0 bridgehead atoms. The summed E-state index contributed by atoms with van der Waals surface area (Å²) in [4.78, 5) is 27.5. The fraction of sp³-hybridized carbons (Fsp3) is 0.576. The lowest BCUT2D eigenvalue weighted by atomic mass is 10.00. The lowest BCUT2D eigenvalue weighted by molar-refractivity contribution is -0.137. The Hall–Kier alpha value is -2.91. The summed E-state index contributed by atoms with van der Waals surface area (Å²) in [6.45, 7) is 4.60. The molecule has 228 valence electrons. The smallest absolute Gasteiger partial charge is 0.357 e. The van der Waals surface area contributed by atoms with Crippen LogP contribution >= 0.6 is 0 Å². The predicted octanol–water partition coefficient (Wildman–Crippen LogP) is 6.08. The number of hydrogen-bond acceptors (Lipinski definition) is 5. The zero-order valence-corrected chi connectivity index (χ0v) is 24.9. The highest BCUT2D eigenvalue weighted by Crippen LogP contribution is 2.30. The summed E-state index contributed by atoms with van der Waals surface area (Å²) < 4.78 is 38.9. The van der Waals surface area contributed by atoms with E-state index < -0.39 is 11.7 Å². The van der Waals surface area contributed by atoms with Crippen molar-refractivity contribution >= 4 is 17.8 Å². The van der Waals surface area contributed by atoms with Gasteiger partial charge in [0.1, 0.15) is 5.82 Å². The number of hydrogen-bond donors (Lipinski definition) is 0. The van der Waals surface area contributed by atoms with Crippen LogP contribution in [-0.4, -0.2) is 84.0 Å². The molecule has 3 fully saturated rings. The number of aromatic nitrogens is 1. The molecule has 1 aromatic carbocycles. The van der Waals surface area contributed by atoms with Crippen molar-refractivity contribution in [2.24, 2.45) is 0 Å². The van der Waals surface area contributed by atoms with Gasteiger partial charge in [0.05, 0.1) is 5.56 Å². The summed E-state index contributed by atoms with van der Waals surface area (Å²) in [5.74, 6) is 0.819. The molecule has 0 atom stereocenters. The molecule has 0 radical (unpaired) electrons. The van der Waals surface area contributed by atoms with Gasteiger partial charge in [-0.2, -0.15) is 13.2 Å². The molecule has 3 heterocycles. The van der Waals surface area contributed by atoms with Gasteiger partial charge in [0.2, 0.25) is 5.91 Å². The second kappa shape index (κ2) is 13.6. The van der Waals surface area contributed by atoms with E-state index in [1.807, 2.05) is 11.1 Å². The lowest BCUT2D eigenvalue weighted by Gasteiger charge is -2.40. The van der Waals surface area contributed by atoms with Crippen molar-refractivity contribution in [1.29, 1.82) is 0 Å². The third-order valence-electron chi connectivity index (χ3n) is 9.48. The normalized spacial score (nSPS) is 20.4. The number of pyridine rings is 1. The molecule has 6 nitrogen and oxygen atoms in total. The zero-order valence-electron chi connectivity index (χ0n) is 24.9. The topological polar surface area (TPSA) is 42.9 Å². The van der Waals surface area contributed by atoms with Crippen LogP contribution in [0.5, 0.6) is 0 Å². The third-order valence-corrected chi connectivity index (χ3v) is 9.48. The summed E-state index contributed by atoms with van der Waals surface area (Å²) in [7, 11) is 4.27. The summed E-state index contributed by atoms with van der Waals surface area (Å²) in [6.07, 6.45) is 9.83. The van der Waals surface area contributed by atoms with Crippen LogP contribution in [0.25, 0.3) is 6.08 Å². The quantitative estimate of drug-likeness (QED) is 0.353. The molecule has 0 unspecified atom stereocenters. The number of rotatable bonds is 8. The number of alkyl halides is 3. The Bertz CT molecular complexity index is 1180. The second-order valence-electron chi connectivity index (χ2n) is 12.3. The van der Waals surface area contributed by atoms with Gasteiger partial charge in [-0.25, -0.2) is 4.98 Å². The minimum absolute atomic E-state index is 0.106. The molecule has 0 spiro atoms. The maximum atomic E-state index is 13.6. The van der Waals surface area contributed by atoms with E-state index in [1.165, 1.54) is 43.9 Å². The van der Waals surface area contributed by atoms with E-state index in [0.29, 0.717) is 24.2 Å². The average Bonchev–Trinajstić information content (AvgIpc) is 3.54. The number of likely N-dealkylation sites (tertiary alicyclic amines) is 2. The van der Waals surface area contributed by atoms with Crippen LogP contribution in [0.3, 0.4) is 0 Å². The highest BCUT2D eigenvalue weighted by atomic mass is 19.4. The Balaban J connectivity index is 1.27. The van der Waals surface area contributed by atoms with E-state index in [4.69, 9.17) is 4.98 Å². The first-order valence-corrected chi connectivity index (χ1v) is 15.4. The summed E-state index contributed by atoms with van der Waals surface area (Å²) >= 11 is 0. The Morgan fingerprint density at radius 3 is 2.17 bits per heavy atom. The Morgan fingerprint density at radius 2 is 1.57 bits per heavy atom. The first kappa shape index (κ1) is 30.5. The van der Waals surface area contributed by atoms with Gasteiger partial charge in [-0.15, -0.1) is 0 Å². The molecule has 42 heavy (non-hydrogen) atoms. The maximum absolute atomic E-state index is 13.6. The van der Waals surface area contributed by atoms with Gasteiger partial charge in [-0.1, -0.05) is 31.0 Å². The van der Waals surface area contributed by atoms with Crippen LogP contribution in [0.1, 0.15) is 68.1 Å². The van der Waals surface area contributed by atoms with Gasteiger partial charge in [0.15, 0.2) is 0 Å². The van der Waals surface area contributed by atoms with Crippen LogP contribution in [0.4, 0.5) is 19.0 Å². The molecule has 1 aliphatic carbocycles. The molecule has 2 aliphatic heterocycles. The molecule has 9 heteroatoms. The Kier molecular flexibility index (Phi) is 9.88. The Labute approximate surface area is 248 Å². The number of amides is 1. The molecule has 1 amide bonds. The van der Waals surface area contributed by atoms with E-state index >= 15 is 0 Å². The molecule has 2 aromatic rings. The van der Waals surface area contributed by atoms with Crippen molar-refractivity contribution in [1.82, 2.24) is 19.7 Å². The molecule has 3 aliphatic rings. The average molecular weight is 584 g/mol. The number of carbonyl (C=O) groups is 1. The van der Waals surface area contributed by atoms with E-state index in [1.54, 1.807) is 6.08 Å². The molecular formula is C33H44F3N5O. The number of piperidine rings is 2. The maximum Gasteiger partial charge on any atom is 0.416 e. The highest BCUT2D eigenvalue weighted by Gasteiger charge is 2.32. The molecular weight excluding hydrogens is 539 g/mol. The molecule has 5 rings (SSSR count). The van der Waals surface area contributed by atoms with Gasteiger partial charge in [0.25, 0.3) is 0 Å². The predicted molar refractivity (Wildman–Crippen MR) is 161 cm³/mol. The van der Waals surface area contributed by atoms with E-state index in [-0.39, 0.29) is 11.9 Å². The summed E-state index contributed by atoms with van der Waals surface area (Å²) in [5, 5.41) is 0. The number of nitrogens with zero attached hydrogens (tertiary/aromatic N) is 5. The monoisotopic (exact) mass is 583 g/mol. The van der Waals surface area contributed by atoms with Crippen molar-refractivity contribution in [2.75, 3.05) is 45.2 Å². The molecule has 1 aromatic heterocycles. The number of benzene rings is 1. The van der Waals surface area contributed by atoms with Gasteiger partial charge in [-0.05, 0) is 94.1 Å². The number of carbonyl (C=O) groups excluding carboxylic acids is 1. The molecule has 1 saturated carbocycles. The second-order valence-corrected chi connectivity index (χ2v) is 12.3. The van der Waals surface area contributed by atoms with Crippen molar-refractivity contribution in [2.45, 2.75) is 82.2 Å². The fourth-order valence-corrected chi connectivity index (χ4v) is 6.75. The molecule has 0 N–H and O–H groups in total. The molecule has 2 saturated heterocycles. The lowest BCUT2D eigenvalue weighted by Crippen LogP contribution is -2.48. The highest BCUT2D eigenvalue weighted by molar-refractivity contribution is 5.92. The van der Waals surface area contributed by atoms with Gasteiger partial charge < -0.3 is 19.6 Å². The van der Waals surface area contributed by atoms with Crippen molar-refractivity contribution in [3.05, 3.63) is 65.4 Å². The summed E-state index contributed by atoms with van der Waals surface area (Å²) in [6, 6.07) is 10.3. The summed E-state index contributed by atoms with van der Waals surface area (Å²) in [5.41, 5.74) is 0.847. The van der Waals surface area contributed by atoms with E-state index in [0.717, 1.165) is 75.4 Å². The number of halogens is 3. The first-order chi connectivity index (χ1) is 20.2. The van der Waals surface area contributed by atoms with E-state index in [2.05, 4.69) is 40.9 Å². The van der Waals surface area contributed by atoms with E-state index in [9.17, 15) is 18.0 Å². The van der Waals surface area contributed by atoms with Crippen molar-refractivity contribution < 1.29 is 18.0 Å². The number of anilines is 1. The third kappa shape index (κ3) is 7.72. The van der Waals surface area contributed by atoms with Gasteiger partial charge >= 0.3 is 6.18 Å². The first-order valence-electron chi connectivity index (χ1n) is 15.4. The van der Waals surface area contributed by atoms with Crippen LogP contribution in [0.2, 0.25) is 0 Å². The van der Waals surface area contributed by atoms with Crippen molar-refractivity contribution in [3.8, 4) is 0 Å². The SMILES string of the molecule is CN1CCC(N(C)c2ccc(CN(C(=O)/C=C/c3ccc(C(F)(F)F)cc3)C3CCN(C4CCCC4)CC3)cn2)CC1. The largest absolute Gasteiger partial charge is 0.416 e. The Morgan fingerprint density at radius 1 is 0.929 bits per heavy atom. The van der Waals surface area contributed by atoms with Crippen LogP contribution in [-0.2, 0) is 17.5 Å². The van der Waals surface area contributed by atoms with Crippen LogP contribution < -0.4 is 4.90 Å². The minimum Gasteiger partial charge on any atom is -0.357 e. The van der Waals surface area contributed by atoms with Crippen LogP contribution in [0.15, 0.2) is 48.7 Å². The zero-order chi connectivity index (χ0) is 29.7. The minimum atomic E-state index is -4.38.